The maximum Gasteiger partial charge on any atom is 0.306 e. The molecule has 3 heteroatoms. The van der Waals surface area contributed by atoms with Gasteiger partial charge in [-0.05, 0) is 33.6 Å². The summed E-state index contributed by atoms with van der Waals surface area (Å²) >= 11 is 3.44. The van der Waals surface area contributed by atoms with Crippen LogP contribution in [0, 0.1) is 0 Å². The standard InChI is InChI=1S/C15H29BrO2/c1-15(2,3)18-14(17)12-10-8-6-4-5-7-9-11-13-16/h4-13H2,1-3H3. The van der Waals surface area contributed by atoms with Crippen LogP contribution >= 0.6 is 15.9 Å². The Hall–Kier alpha value is -0.0500. The number of ether oxygens (including phenoxy) is 1. The minimum Gasteiger partial charge on any atom is -0.460 e. The quantitative estimate of drug-likeness (QED) is 0.313. The first kappa shape index (κ1) is 17.9. The monoisotopic (exact) mass is 320 g/mol. The number of esters is 1. The largest absolute Gasteiger partial charge is 0.460 e. The second-order valence-corrected chi connectivity index (χ2v) is 6.65. The van der Waals surface area contributed by atoms with Gasteiger partial charge in [0.15, 0.2) is 0 Å². The number of carbonyl (C=O) groups excluding carboxylic acids is 1. The summed E-state index contributed by atoms with van der Waals surface area (Å²) in [4.78, 5) is 11.4. The zero-order valence-electron chi connectivity index (χ0n) is 12.3. The predicted octanol–water partition coefficient (Wildman–Crippen LogP) is 5.23. The van der Waals surface area contributed by atoms with Gasteiger partial charge in [-0.1, -0.05) is 54.5 Å². The molecule has 0 atom stereocenters. The fourth-order valence-corrected chi connectivity index (χ4v) is 2.21. The van der Waals surface area contributed by atoms with Crippen molar-refractivity contribution in [2.75, 3.05) is 5.33 Å². The molecule has 2 nitrogen and oxygen atoms in total. The highest BCUT2D eigenvalue weighted by Gasteiger charge is 2.15. The molecule has 0 saturated heterocycles. The fraction of sp³-hybridized carbons (Fsp3) is 0.933. The molecule has 0 saturated carbocycles. The van der Waals surface area contributed by atoms with Crippen molar-refractivity contribution < 1.29 is 9.53 Å². The first-order valence-electron chi connectivity index (χ1n) is 7.23. The van der Waals surface area contributed by atoms with Crippen molar-refractivity contribution in [1.82, 2.24) is 0 Å². The highest BCUT2D eigenvalue weighted by molar-refractivity contribution is 9.09. The number of hydrogen-bond acceptors (Lipinski definition) is 2. The van der Waals surface area contributed by atoms with Gasteiger partial charge in [-0.3, -0.25) is 4.79 Å². The molecule has 0 aromatic heterocycles. The number of halogens is 1. The van der Waals surface area contributed by atoms with Crippen LogP contribution in [0.3, 0.4) is 0 Å². The van der Waals surface area contributed by atoms with E-state index in [0.29, 0.717) is 6.42 Å². The van der Waals surface area contributed by atoms with Gasteiger partial charge in [-0.15, -0.1) is 0 Å². The number of carbonyl (C=O) groups is 1. The summed E-state index contributed by atoms with van der Waals surface area (Å²) in [5.74, 6) is -0.0557. The van der Waals surface area contributed by atoms with Crippen LogP contribution in [0.25, 0.3) is 0 Å². The number of hydrogen-bond donors (Lipinski definition) is 0. The van der Waals surface area contributed by atoms with E-state index in [4.69, 9.17) is 4.74 Å². The number of rotatable bonds is 10. The molecule has 0 aliphatic heterocycles. The van der Waals surface area contributed by atoms with Gasteiger partial charge in [0.1, 0.15) is 5.60 Å². The van der Waals surface area contributed by atoms with Crippen molar-refractivity contribution in [1.29, 1.82) is 0 Å². The van der Waals surface area contributed by atoms with Crippen molar-refractivity contribution in [2.45, 2.75) is 84.2 Å². The number of alkyl halides is 1. The third kappa shape index (κ3) is 14.0. The SMILES string of the molecule is CC(C)(C)OC(=O)CCCCCCCCCCBr. The van der Waals surface area contributed by atoms with E-state index in [-0.39, 0.29) is 11.6 Å². The summed E-state index contributed by atoms with van der Waals surface area (Å²) in [6.07, 6.45) is 10.5. The van der Waals surface area contributed by atoms with E-state index in [1.54, 1.807) is 0 Å². The van der Waals surface area contributed by atoms with Crippen molar-refractivity contribution in [3.63, 3.8) is 0 Å². The molecular weight excluding hydrogens is 292 g/mol. The predicted molar refractivity (Wildman–Crippen MR) is 81.2 cm³/mol. The third-order valence-electron chi connectivity index (χ3n) is 2.68. The summed E-state index contributed by atoms with van der Waals surface area (Å²) in [6.45, 7) is 5.74. The maximum absolute atomic E-state index is 11.4. The zero-order valence-corrected chi connectivity index (χ0v) is 13.9. The molecule has 18 heavy (non-hydrogen) atoms. The normalized spacial score (nSPS) is 11.6. The van der Waals surface area contributed by atoms with E-state index in [2.05, 4.69) is 15.9 Å². The maximum atomic E-state index is 11.4. The Bertz CT molecular complexity index is 209. The summed E-state index contributed by atoms with van der Waals surface area (Å²) < 4.78 is 5.27. The lowest BCUT2D eigenvalue weighted by Crippen LogP contribution is -2.23. The lowest BCUT2D eigenvalue weighted by Gasteiger charge is -2.19. The van der Waals surface area contributed by atoms with Crippen LogP contribution in [0.4, 0.5) is 0 Å². The molecule has 0 amide bonds. The molecule has 0 unspecified atom stereocenters. The van der Waals surface area contributed by atoms with E-state index in [9.17, 15) is 4.79 Å². The van der Waals surface area contributed by atoms with E-state index in [1.165, 1.54) is 38.5 Å². The van der Waals surface area contributed by atoms with E-state index < -0.39 is 0 Å². The van der Waals surface area contributed by atoms with E-state index in [0.717, 1.165) is 18.2 Å². The molecule has 0 radical (unpaired) electrons. The average molecular weight is 321 g/mol. The van der Waals surface area contributed by atoms with Crippen molar-refractivity contribution in [3.8, 4) is 0 Å². The second-order valence-electron chi connectivity index (χ2n) is 5.85. The molecule has 0 bridgehead atoms. The summed E-state index contributed by atoms with van der Waals surface area (Å²) in [7, 11) is 0. The van der Waals surface area contributed by atoms with E-state index >= 15 is 0 Å². The van der Waals surface area contributed by atoms with Gasteiger partial charge in [0, 0.05) is 11.8 Å². The Kier molecular flexibility index (Phi) is 10.8. The Morgan fingerprint density at radius 2 is 1.33 bits per heavy atom. The molecule has 0 heterocycles. The van der Waals surface area contributed by atoms with Crippen LogP contribution in [0.5, 0.6) is 0 Å². The van der Waals surface area contributed by atoms with Crippen LogP contribution in [-0.2, 0) is 9.53 Å². The smallest absolute Gasteiger partial charge is 0.306 e. The first-order valence-corrected chi connectivity index (χ1v) is 8.35. The molecule has 0 aliphatic carbocycles. The Balaban J connectivity index is 3.23. The lowest BCUT2D eigenvalue weighted by molar-refractivity contribution is -0.154. The lowest BCUT2D eigenvalue weighted by atomic mass is 10.1. The summed E-state index contributed by atoms with van der Waals surface area (Å²) in [5, 5.41) is 1.13. The topological polar surface area (TPSA) is 26.3 Å². The molecular formula is C15H29BrO2. The van der Waals surface area contributed by atoms with Gasteiger partial charge >= 0.3 is 5.97 Å². The molecule has 0 aromatic rings. The molecule has 0 spiro atoms. The average Bonchev–Trinajstić information content (AvgIpc) is 2.24. The Morgan fingerprint density at radius 3 is 1.78 bits per heavy atom. The van der Waals surface area contributed by atoms with Gasteiger partial charge in [0.05, 0.1) is 0 Å². The van der Waals surface area contributed by atoms with Crippen molar-refractivity contribution in [2.24, 2.45) is 0 Å². The summed E-state index contributed by atoms with van der Waals surface area (Å²) in [6, 6.07) is 0. The summed E-state index contributed by atoms with van der Waals surface area (Å²) in [5.41, 5.74) is -0.341. The Morgan fingerprint density at radius 1 is 0.889 bits per heavy atom. The molecule has 0 fully saturated rings. The van der Waals surface area contributed by atoms with Crippen LogP contribution in [0.1, 0.15) is 78.6 Å². The first-order chi connectivity index (χ1) is 8.45. The minimum atomic E-state index is -0.341. The highest BCUT2D eigenvalue weighted by Crippen LogP contribution is 2.13. The van der Waals surface area contributed by atoms with Gasteiger partial charge in [0.2, 0.25) is 0 Å². The van der Waals surface area contributed by atoms with Gasteiger partial charge in [-0.2, -0.15) is 0 Å². The van der Waals surface area contributed by atoms with Crippen molar-refractivity contribution in [3.05, 3.63) is 0 Å². The minimum absolute atomic E-state index is 0.0557. The van der Waals surface area contributed by atoms with Crippen LogP contribution in [0.2, 0.25) is 0 Å². The van der Waals surface area contributed by atoms with Crippen LogP contribution in [0.15, 0.2) is 0 Å². The highest BCUT2D eigenvalue weighted by atomic mass is 79.9. The van der Waals surface area contributed by atoms with Gasteiger partial charge in [0.25, 0.3) is 0 Å². The molecule has 0 rings (SSSR count). The molecule has 0 N–H and O–H groups in total. The molecule has 0 aliphatic rings. The van der Waals surface area contributed by atoms with Crippen molar-refractivity contribution >= 4 is 21.9 Å². The molecule has 108 valence electrons. The number of unbranched alkanes of at least 4 members (excludes halogenated alkanes) is 7. The third-order valence-corrected chi connectivity index (χ3v) is 3.25. The second kappa shape index (κ2) is 10.8. The van der Waals surface area contributed by atoms with E-state index in [1.807, 2.05) is 20.8 Å². The van der Waals surface area contributed by atoms with Gasteiger partial charge < -0.3 is 4.74 Å². The molecule has 0 aromatic carbocycles. The Labute approximate surface area is 121 Å². The fourth-order valence-electron chi connectivity index (χ4n) is 1.82. The van der Waals surface area contributed by atoms with Gasteiger partial charge in [-0.25, -0.2) is 0 Å². The van der Waals surface area contributed by atoms with Crippen LogP contribution in [-0.4, -0.2) is 16.9 Å². The zero-order chi connectivity index (χ0) is 13.9. The van der Waals surface area contributed by atoms with Crippen LogP contribution < -0.4 is 0 Å².